The number of benzene rings is 2. The van der Waals surface area contributed by atoms with E-state index in [0.717, 1.165) is 57.8 Å². The number of hydrogen-bond acceptors (Lipinski definition) is 5. The summed E-state index contributed by atoms with van der Waals surface area (Å²) in [5.74, 6) is -0.499. The van der Waals surface area contributed by atoms with Crippen LogP contribution < -0.4 is 10.6 Å². The zero-order valence-corrected chi connectivity index (χ0v) is 17.5. The van der Waals surface area contributed by atoms with E-state index >= 15 is 0 Å². The number of anilines is 1. The molecule has 1 heterocycles. The van der Waals surface area contributed by atoms with E-state index in [1.807, 2.05) is 0 Å². The van der Waals surface area contributed by atoms with Crippen LogP contribution in [0.5, 0.6) is 0 Å². The van der Waals surface area contributed by atoms with Crippen molar-refractivity contribution < 1.29 is 22.3 Å². The lowest BCUT2D eigenvalue weighted by molar-refractivity contribution is 0.0372. The number of sulfone groups is 1. The second-order valence-electron chi connectivity index (χ2n) is 7.02. The first-order valence-electron chi connectivity index (χ1n) is 9.91. The number of unbranched alkanes of at least 4 members (excludes halogenated alkanes) is 1. The zero-order chi connectivity index (χ0) is 21.4. The first kappa shape index (κ1) is 22.2. The van der Waals surface area contributed by atoms with Gasteiger partial charge in [-0.3, -0.25) is 4.90 Å². The summed E-state index contributed by atoms with van der Waals surface area (Å²) >= 11 is 0. The standard InChI is InChI=1S/C21H26FN3O4S/c22-17-3-7-19(8-4-17)30(27,28)20-9-5-18(6-10-20)24-21(26)23-11-1-2-12-25-13-15-29-16-14-25/h3-10H,1-2,11-16H2,(H2,23,24,26). The molecule has 0 spiro atoms. The molecule has 1 aliphatic rings. The Morgan fingerprint density at radius 2 is 1.57 bits per heavy atom. The SMILES string of the molecule is O=C(NCCCCN1CCOCC1)Nc1ccc(S(=O)(=O)c2ccc(F)cc2)cc1. The van der Waals surface area contributed by atoms with Gasteiger partial charge in [-0.25, -0.2) is 17.6 Å². The molecule has 3 rings (SSSR count). The summed E-state index contributed by atoms with van der Waals surface area (Å²) in [6.45, 7) is 5.04. The van der Waals surface area contributed by atoms with Crippen LogP contribution in [-0.4, -0.2) is 58.7 Å². The van der Waals surface area contributed by atoms with Gasteiger partial charge in [0, 0.05) is 25.3 Å². The van der Waals surface area contributed by atoms with Crippen LogP contribution in [-0.2, 0) is 14.6 Å². The van der Waals surface area contributed by atoms with Crippen molar-refractivity contribution in [1.82, 2.24) is 10.2 Å². The third kappa shape index (κ3) is 6.25. The van der Waals surface area contributed by atoms with Crippen molar-refractivity contribution in [3.8, 4) is 0 Å². The normalized spacial score (nSPS) is 15.0. The van der Waals surface area contributed by atoms with E-state index < -0.39 is 15.7 Å². The molecule has 0 aromatic heterocycles. The lowest BCUT2D eigenvalue weighted by Gasteiger charge is -2.26. The van der Waals surface area contributed by atoms with Crippen molar-refractivity contribution >= 4 is 21.6 Å². The lowest BCUT2D eigenvalue weighted by atomic mass is 10.2. The van der Waals surface area contributed by atoms with E-state index in [0.29, 0.717) is 12.2 Å². The third-order valence-corrected chi connectivity index (χ3v) is 6.62. The molecule has 2 aromatic rings. The van der Waals surface area contributed by atoms with Crippen molar-refractivity contribution in [2.75, 3.05) is 44.7 Å². The first-order valence-corrected chi connectivity index (χ1v) is 11.4. The number of rotatable bonds is 8. The molecule has 1 fully saturated rings. The minimum absolute atomic E-state index is 0.0134. The molecule has 162 valence electrons. The maximum absolute atomic E-state index is 13.0. The van der Waals surface area contributed by atoms with Crippen molar-refractivity contribution in [1.29, 1.82) is 0 Å². The minimum atomic E-state index is -3.74. The molecule has 0 unspecified atom stereocenters. The Bertz CT molecular complexity index is 928. The molecule has 0 bridgehead atoms. The number of urea groups is 1. The Labute approximate surface area is 176 Å². The van der Waals surface area contributed by atoms with Gasteiger partial charge in [-0.15, -0.1) is 0 Å². The molecular weight excluding hydrogens is 409 g/mol. The Morgan fingerprint density at radius 1 is 0.967 bits per heavy atom. The molecular formula is C21H26FN3O4S. The van der Waals surface area contributed by atoms with E-state index in [1.54, 1.807) is 0 Å². The van der Waals surface area contributed by atoms with Crippen molar-refractivity contribution in [2.24, 2.45) is 0 Å². The fourth-order valence-corrected chi connectivity index (χ4v) is 4.39. The van der Waals surface area contributed by atoms with Crippen LogP contribution in [0.4, 0.5) is 14.9 Å². The van der Waals surface area contributed by atoms with Gasteiger partial charge in [-0.2, -0.15) is 0 Å². The maximum Gasteiger partial charge on any atom is 0.319 e. The van der Waals surface area contributed by atoms with Crippen LogP contribution in [0.1, 0.15) is 12.8 Å². The van der Waals surface area contributed by atoms with Gasteiger partial charge in [-0.05, 0) is 67.9 Å². The summed E-state index contributed by atoms with van der Waals surface area (Å²) < 4.78 is 43.5. The van der Waals surface area contributed by atoms with E-state index in [9.17, 15) is 17.6 Å². The summed E-state index contributed by atoms with van der Waals surface area (Å²) in [6.07, 6.45) is 1.87. The highest BCUT2D eigenvalue weighted by atomic mass is 32.2. The monoisotopic (exact) mass is 435 g/mol. The fourth-order valence-electron chi connectivity index (χ4n) is 3.13. The van der Waals surface area contributed by atoms with Crippen LogP contribution in [0.2, 0.25) is 0 Å². The number of nitrogens with zero attached hydrogens (tertiary/aromatic N) is 1. The van der Waals surface area contributed by atoms with E-state index in [4.69, 9.17) is 4.74 Å². The second kappa shape index (κ2) is 10.5. The summed E-state index contributed by atoms with van der Waals surface area (Å²) in [5, 5.41) is 5.48. The molecule has 30 heavy (non-hydrogen) atoms. The number of amides is 2. The molecule has 0 aliphatic carbocycles. The highest BCUT2D eigenvalue weighted by molar-refractivity contribution is 7.91. The molecule has 1 aliphatic heterocycles. The van der Waals surface area contributed by atoms with Gasteiger partial charge >= 0.3 is 6.03 Å². The van der Waals surface area contributed by atoms with Crippen molar-refractivity contribution in [2.45, 2.75) is 22.6 Å². The number of morpholine rings is 1. The van der Waals surface area contributed by atoms with E-state index in [-0.39, 0.29) is 15.8 Å². The molecule has 0 saturated carbocycles. The molecule has 0 radical (unpaired) electrons. The number of carbonyl (C=O) groups is 1. The molecule has 2 amide bonds. The van der Waals surface area contributed by atoms with Crippen LogP contribution in [0.15, 0.2) is 58.3 Å². The fraction of sp³-hybridized carbons (Fsp3) is 0.381. The highest BCUT2D eigenvalue weighted by Gasteiger charge is 2.17. The first-order chi connectivity index (χ1) is 14.4. The van der Waals surface area contributed by atoms with Crippen molar-refractivity contribution in [3.63, 3.8) is 0 Å². The van der Waals surface area contributed by atoms with E-state index in [2.05, 4.69) is 15.5 Å². The van der Waals surface area contributed by atoms with Gasteiger partial charge in [0.2, 0.25) is 9.84 Å². The predicted octanol–water partition coefficient (Wildman–Crippen LogP) is 2.89. The minimum Gasteiger partial charge on any atom is -0.379 e. The topological polar surface area (TPSA) is 87.7 Å². The maximum atomic E-state index is 13.0. The van der Waals surface area contributed by atoms with Crippen LogP contribution in [0, 0.1) is 5.82 Å². The van der Waals surface area contributed by atoms with Crippen LogP contribution in [0.25, 0.3) is 0 Å². The van der Waals surface area contributed by atoms with Gasteiger partial charge in [0.15, 0.2) is 0 Å². The van der Waals surface area contributed by atoms with Gasteiger partial charge in [-0.1, -0.05) is 0 Å². The summed E-state index contributed by atoms with van der Waals surface area (Å²) in [6, 6.07) is 10.2. The number of hydrogen-bond donors (Lipinski definition) is 2. The average molecular weight is 436 g/mol. The Morgan fingerprint density at radius 3 is 2.20 bits per heavy atom. The molecule has 9 heteroatoms. The van der Waals surface area contributed by atoms with Crippen molar-refractivity contribution in [3.05, 3.63) is 54.3 Å². The summed E-state index contributed by atoms with van der Waals surface area (Å²) in [5.41, 5.74) is 0.485. The Hall–Kier alpha value is -2.49. The number of nitrogens with one attached hydrogen (secondary N) is 2. The quantitative estimate of drug-likeness (QED) is 0.492. The summed E-state index contributed by atoms with van der Waals surface area (Å²) in [7, 11) is -3.74. The van der Waals surface area contributed by atoms with Gasteiger partial charge in [0.1, 0.15) is 5.82 Å². The number of halogens is 1. The zero-order valence-electron chi connectivity index (χ0n) is 16.6. The van der Waals surface area contributed by atoms with Crippen LogP contribution >= 0.6 is 0 Å². The summed E-state index contributed by atoms with van der Waals surface area (Å²) in [4.78, 5) is 14.4. The molecule has 1 saturated heterocycles. The number of ether oxygens (including phenoxy) is 1. The lowest BCUT2D eigenvalue weighted by Crippen LogP contribution is -2.37. The highest BCUT2D eigenvalue weighted by Crippen LogP contribution is 2.22. The average Bonchev–Trinajstić information content (AvgIpc) is 2.75. The molecule has 0 atom stereocenters. The van der Waals surface area contributed by atoms with E-state index in [1.165, 1.54) is 36.4 Å². The molecule has 2 N–H and O–H groups in total. The third-order valence-electron chi connectivity index (χ3n) is 4.84. The predicted molar refractivity (Wildman–Crippen MR) is 112 cm³/mol. The Balaban J connectivity index is 1.43. The second-order valence-corrected chi connectivity index (χ2v) is 8.97. The smallest absolute Gasteiger partial charge is 0.319 e. The molecule has 7 nitrogen and oxygen atoms in total. The molecule has 2 aromatic carbocycles. The Kier molecular flexibility index (Phi) is 7.78. The largest absolute Gasteiger partial charge is 0.379 e. The number of carbonyl (C=O) groups excluding carboxylic acids is 1. The van der Waals surface area contributed by atoms with Gasteiger partial charge in [0.05, 0.1) is 23.0 Å². The van der Waals surface area contributed by atoms with Crippen LogP contribution in [0.3, 0.4) is 0 Å². The van der Waals surface area contributed by atoms with Gasteiger partial charge < -0.3 is 15.4 Å². The van der Waals surface area contributed by atoms with Gasteiger partial charge in [0.25, 0.3) is 0 Å².